The van der Waals surface area contributed by atoms with Gasteiger partial charge in [0.2, 0.25) is 0 Å². The number of carbonyl (C=O) groups excluding carboxylic acids is 2. The van der Waals surface area contributed by atoms with Gasteiger partial charge in [-0.2, -0.15) is 5.26 Å². The third kappa shape index (κ3) is 5.80. The molecule has 8 nitrogen and oxygen atoms in total. The highest BCUT2D eigenvalue weighted by Gasteiger charge is 2.24. The molecule has 0 aliphatic carbocycles. The first-order valence-corrected chi connectivity index (χ1v) is 10.3. The van der Waals surface area contributed by atoms with Gasteiger partial charge in [-0.15, -0.1) is 0 Å². The number of sulfonamides is 1. The minimum atomic E-state index is -3.89. The largest absolute Gasteiger partial charge is 0.452 e. The third-order valence-electron chi connectivity index (χ3n) is 3.88. The van der Waals surface area contributed by atoms with Gasteiger partial charge in [-0.25, -0.2) is 13.2 Å². The third-order valence-corrected chi connectivity index (χ3v) is 5.78. The summed E-state index contributed by atoms with van der Waals surface area (Å²) in [5.41, 5.74) is 0.525. The van der Waals surface area contributed by atoms with Crippen LogP contribution in [0.15, 0.2) is 59.5 Å². The van der Waals surface area contributed by atoms with Gasteiger partial charge in [0.25, 0.3) is 15.9 Å². The van der Waals surface area contributed by atoms with E-state index in [0.29, 0.717) is 5.69 Å². The van der Waals surface area contributed by atoms with Crippen molar-refractivity contribution in [1.29, 1.82) is 5.26 Å². The van der Waals surface area contributed by atoms with Crippen molar-refractivity contribution in [1.82, 2.24) is 5.32 Å². The van der Waals surface area contributed by atoms with E-state index in [1.807, 2.05) is 6.07 Å². The predicted molar refractivity (Wildman–Crippen MR) is 107 cm³/mol. The van der Waals surface area contributed by atoms with Crippen LogP contribution >= 0.6 is 0 Å². The zero-order valence-corrected chi connectivity index (χ0v) is 16.7. The highest BCUT2D eigenvalue weighted by atomic mass is 32.2. The van der Waals surface area contributed by atoms with Gasteiger partial charge >= 0.3 is 5.97 Å². The molecule has 0 aliphatic rings. The fraction of sp³-hybridized carbons (Fsp3) is 0.250. The first kappa shape index (κ1) is 21.9. The Hall–Kier alpha value is -3.38. The Morgan fingerprint density at radius 1 is 1.14 bits per heavy atom. The van der Waals surface area contributed by atoms with Crippen molar-refractivity contribution >= 4 is 27.6 Å². The number of carbonyl (C=O) groups is 2. The van der Waals surface area contributed by atoms with E-state index in [0.717, 1.165) is 0 Å². The van der Waals surface area contributed by atoms with Crippen LogP contribution in [-0.2, 0) is 19.6 Å². The van der Waals surface area contributed by atoms with Crippen LogP contribution in [-0.4, -0.2) is 40.0 Å². The number of ether oxygens (including phenoxy) is 1. The zero-order chi connectivity index (χ0) is 21.3. The van der Waals surface area contributed by atoms with E-state index in [1.165, 1.54) is 28.6 Å². The minimum Gasteiger partial charge on any atom is -0.452 e. The molecule has 1 N–H and O–H groups in total. The van der Waals surface area contributed by atoms with Gasteiger partial charge in [0.05, 0.1) is 28.6 Å². The van der Waals surface area contributed by atoms with Gasteiger partial charge < -0.3 is 10.1 Å². The number of nitriles is 1. The molecule has 0 atom stereocenters. The Balaban J connectivity index is 2.14. The van der Waals surface area contributed by atoms with Crippen molar-refractivity contribution in [3.8, 4) is 6.07 Å². The Kier molecular flexibility index (Phi) is 7.74. The van der Waals surface area contributed by atoms with E-state index >= 15 is 0 Å². The Bertz CT molecular complexity index is 1000. The molecule has 0 saturated carbocycles. The number of anilines is 1. The standard InChI is InChI=1S/C20H21N3O5S/c1-2-23(17-9-4-3-5-10-17)29(26,27)18-11-6-8-16(14-18)20(25)28-15-19(24)22-13-7-12-21/h3-6,8-11,14H,2,7,13,15H2,1H3,(H,22,24). The highest BCUT2D eigenvalue weighted by Crippen LogP contribution is 2.24. The molecule has 0 spiro atoms. The number of para-hydroxylation sites is 1. The lowest BCUT2D eigenvalue weighted by Gasteiger charge is -2.23. The Morgan fingerprint density at radius 3 is 2.52 bits per heavy atom. The average molecular weight is 415 g/mol. The maximum atomic E-state index is 13.0. The first-order chi connectivity index (χ1) is 13.9. The van der Waals surface area contributed by atoms with Crippen molar-refractivity contribution < 1.29 is 22.7 Å². The molecule has 152 valence electrons. The van der Waals surface area contributed by atoms with E-state index in [-0.39, 0.29) is 30.0 Å². The summed E-state index contributed by atoms with van der Waals surface area (Å²) in [7, 11) is -3.89. The van der Waals surface area contributed by atoms with Crippen LogP contribution in [0.25, 0.3) is 0 Å². The Labute approximate surface area is 169 Å². The molecule has 0 saturated heterocycles. The summed E-state index contributed by atoms with van der Waals surface area (Å²) in [4.78, 5) is 23.7. The molecule has 2 rings (SSSR count). The highest BCUT2D eigenvalue weighted by molar-refractivity contribution is 7.92. The molecular formula is C20H21N3O5S. The molecular weight excluding hydrogens is 394 g/mol. The molecule has 0 radical (unpaired) electrons. The number of amides is 1. The van der Waals surface area contributed by atoms with Gasteiger partial charge in [-0.05, 0) is 37.3 Å². The lowest BCUT2D eigenvalue weighted by atomic mass is 10.2. The first-order valence-electron chi connectivity index (χ1n) is 8.88. The van der Waals surface area contributed by atoms with E-state index in [4.69, 9.17) is 10.00 Å². The van der Waals surface area contributed by atoms with Crippen LogP contribution in [0.5, 0.6) is 0 Å². The fourth-order valence-electron chi connectivity index (χ4n) is 2.52. The number of hydrogen-bond donors (Lipinski definition) is 1. The molecule has 0 unspecified atom stereocenters. The van der Waals surface area contributed by atoms with Gasteiger partial charge in [0, 0.05) is 13.1 Å². The number of nitrogens with one attached hydrogen (secondary N) is 1. The number of benzene rings is 2. The molecule has 0 bridgehead atoms. The lowest BCUT2D eigenvalue weighted by Crippen LogP contribution is -2.31. The zero-order valence-electron chi connectivity index (χ0n) is 15.9. The van der Waals surface area contributed by atoms with Crippen LogP contribution in [0.3, 0.4) is 0 Å². The molecule has 0 fully saturated rings. The maximum Gasteiger partial charge on any atom is 0.338 e. The van der Waals surface area contributed by atoms with Crippen LogP contribution in [0.4, 0.5) is 5.69 Å². The summed E-state index contributed by atoms with van der Waals surface area (Å²) in [5.74, 6) is -1.36. The average Bonchev–Trinajstić information content (AvgIpc) is 2.73. The quantitative estimate of drug-likeness (QED) is 0.495. The van der Waals surface area contributed by atoms with Crippen LogP contribution in [0.2, 0.25) is 0 Å². The van der Waals surface area contributed by atoms with Crippen molar-refractivity contribution in [2.45, 2.75) is 18.2 Å². The summed E-state index contributed by atoms with van der Waals surface area (Å²) in [5, 5.41) is 10.9. The van der Waals surface area contributed by atoms with E-state index in [2.05, 4.69) is 5.32 Å². The molecule has 2 aromatic rings. The molecule has 1 amide bonds. The van der Waals surface area contributed by atoms with E-state index in [9.17, 15) is 18.0 Å². The van der Waals surface area contributed by atoms with Gasteiger partial charge in [0.15, 0.2) is 6.61 Å². The molecule has 0 aromatic heterocycles. The molecule has 9 heteroatoms. The fourth-order valence-corrected chi connectivity index (χ4v) is 4.04. The SMILES string of the molecule is CCN(c1ccccc1)S(=O)(=O)c1cccc(C(=O)OCC(=O)NCCC#N)c1. The smallest absolute Gasteiger partial charge is 0.338 e. The number of esters is 1. The monoisotopic (exact) mass is 415 g/mol. The van der Waals surface area contributed by atoms with E-state index < -0.39 is 28.5 Å². The van der Waals surface area contributed by atoms with Crippen LogP contribution in [0.1, 0.15) is 23.7 Å². The Morgan fingerprint density at radius 2 is 1.86 bits per heavy atom. The molecule has 2 aromatic carbocycles. The van der Waals surface area contributed by atoms with E-state index in [1.54, 1.807) is 37.3 Å². The van der Waals surface area contributed by atoms with Crippen molar-refractivity contribution in [2.24, 2.45) is 0 Å². The minimum absolute atomic E-state index is 0.0139. The number of hydrogen-bond acceptors (Lipinski definition) is 6. The summed E-state index contributed by atoms with van der Waals surface area (Å²) in [6.45, 7) is 1.57. The van der Waals surface area contributed by atoms with Gasteiger partial charge in [-0.1, -0.05) is 24.3 Å². The molecule has 0 heterocycles. The summed E-state index contributed by atoms with van der Waals surface area (Å²) < 4.78 is 32.2. The second-order valence-electron chi connectivity index (χ2n) is 5.87. The second-order valence-corrected chi connectivity index (χ2v) is 7.73. The van der Waals surface area contributed by atoms with Gasteiger partial charge in [0.1, 0.15) is 0 Å². The maximum absolute atomic E-state index is 13.0. The predicted octanol–water partition coefficient (Wildman–Crippen LogP) is 2.09. The summed E-state index contributed by atoms with van der Waals surface area (Å²) in [6, 6.07) is 16.0. The van der Waals surface area contributed by atoms with Crippen molar-refractivity contribution in [3.63, 3.8) is 0 Å². The normalized spacial score (nSPS) is 10.6. The van der Waals surface area contributed by atoms with Crippen molar-refractivity contribution in [2.75, 3.05) is 24.0 Å². The molecule has 0 aliphatic heterocycles. The van der Waals surface area contributed by atoms with Crippen molar-refractivity contribution in [3.05, 3.63) is 60.2 Å². The summed E-state index contributed by atoms with van der Waals surface area (Å²) in [6.07, 6.45) is 0.148. The lowest BCUT2D eigenvalue weighted by molar-refractivity contribution is -0.124. The van der Waals surface area contributed by atoms with Crippen LogP contribution < -0.4 is 9.62 Å². The second kappa shape index (κ2) is 10.2. The van der Waals surface area contributed by atoms with Gasteiger partial charge in [-0.3, -0.25) is 9.10 Å². The summed E-state index contributed by atoms with van der Waals surface area (Å²) >= 11 is 0. The van der Waals surface area contributed by atoms with Crippen LogP contribution in [0, 0.1) is 11.3 Å². The topological polar surface area (TPSA) is 117 Å². The number of rotatable bonds is 9. The molecule has 29 heavy (non-hydrogen) atoms. The number of nitrogens with zero attached hydrogens (tertiary/aromatic N) is 2.